The van der Waals surface area contributed by atoms with E-state index in [4.69, 9.17) is 5.73 Å². The number of carbonyl (C=O) groups excluding carboxylic acids is 1. The molecule has 2 rings (SSSR count). The average Bonchev–Trinajstić information content (AvgIpc) is 2.35. The van der Waals surface area contributed by atoms with E-state index < -0.39 is 21.3 Å². The molecule has 1 unspecified atom stereocenters. The monoisotopic (exact) mass is 282 g/mol. The molecule has 0 aliphatic carbocycles. The lowest BCUT2D eigenvalue weighted by molar-refractivity contribution is -0.119. The quantitative estimate of drug-likeness (QED) is 0.843. The van der Waals surface area contributed by atoms with Gasteiger partial charge in [-0.25, -0.2) is 8.42 Å². The summed E-state index contributed by atoms with van der Waals surface area (Å²) in [6, 6.07) is 6.84. The molecule has 0 saturated heterocycles. The second-order valence-electron chi connectivity index (χ2n) is 4.82. The lowest BCUT2D eigenvalue weighted by Crippen LogP contribution is -2.49. The zero-order chi connectivity index (χ0) is 14.1. The van der Waals surface area contributed by atoms with Crippen molar-refractivity contribution in [2.45, 2.75) is 30.2 Å². The molecule has 1 amide bonds. The van der Waals surface area contributed by atoms with Crippen molar-refractivity contribution in [2.75, 3.05) is 12.3 Å². The highest BCUT2D eigenvalue weighted by Gasteiger charge is 2.42. The molecule has 1 aliphatic rings. The van der Waals surface area contributed by atoms with E-state index in [0.717, 1.165) is 0 Å². The molecule has 3 N–H and O–H groups in total. The van der Waals surface area contributed by atoms with Gasteiger partial charge in [0, 0.05) is 6.42 Å². The third-order valence-corrected chi connectivity index (χ3v) is 5.29. The van der Waals surface area contributed by atoms with Gasteiger partial charge in [-0.3, -0.25) is 4.79 Å². The van der Waals surface area contributed by atoms with Crippen molar-refractivity contribution in [2.24, 2.45) is 5.73 Å². The zero-order valence-corrected chi connectivity index (χ0v) is 11.7. The Bertz CT molecular complexity index is 598. The average molecular weight is 282 g/mol. The van der Waals surface area contributed by atoms with E-state index in [1.54, 1.807) is 24.3 Å². The summed E-state index contributed by atoms with van der Waals surface area (Å²) in [4.78, 5) is 11.7. The lowest BCUT2D eigenvalue weighted by atomic mass is 9.83. The number of amides is 1. The van der Waals surface area contributed by atoms with Crippen LogP contribution in [0.25, 0.3) is 0 Å². The molecule has 0 spiro atoms. The maximum absolute atomic E-state index is 12.1. The number of nitrogens with one attached hydrogen (secondary N) is 1. The Morgan fingerprint density at radius 3 is 2.74 bits per heavy atom. The van der Waals surface area contributed by atoms with Gasteiger partial charge in [0.15, 0.2) is 9.84 Å². The summed E-state index contributed by atoms with van der Waals surface area (Å²) in [5, 5.41) is 3.26. The zero-order valence-electron chi connectivity index (χ0n) is 10.8. The van der Waals surface area contributed by atoms with Crippen LogP contribution in [-0.4, -0.2) is 26.6 Å². The number of nitrogens with two attached hydrogens (primary N) is 1. The number of hydrogen-bond acceptors (Lipinski definition) is 4. The minimum atomic E-state index is -3.26. The van der Waals surface area contributed by atoms with Crippen molar-refractivity contribution in [3.63, 3.8) is 0 Å². The Morgan fingerprint density at radius 1 is 1.42 bits per heavy atom. The molecule has 1 aromatic rings. The minimum Gasteiger partial charge on any atom is -0.370 e. The van der Waals surface area contributed by atoms with E-state index in [9.17, 15) is 13.2 Å². The largest absolute Gasteiger partial charge is 0.370 e. The van der Waals surface area contributed by atoms with Crippen LogP contribution in [0.15, 0.2) is 29.2 Å². The number of benzene rings is 1. The molecule has 0 saturated carbocycles. The third-order valence-electron chi connectivity index (χ3n) is 3.53. The molecule has 5 nitrogen and oxygen atoms in total. The van der Waals surface area contributed by atoms with Gasteiger partial charge in [0.05, 0.1) is 16.2 Å². The number of fused-ring (bicyclic) bond motifs is 1. The van der Waals surface area contributed by atoms with Gasteiger partial charge in [-0.05, 0) is 24.6 Å². The Labute approximate surface area is 113 Å². The first-order chi connectivity index (χ1) is 8.91. The molecule has 104 valence electrons. The van der Waals surface area contributed by atoms with Crippen LogP contribution in [0, 0.1) is 0 Å². The molecule has 1 atom stereocenters. The number of hydrogen-bond donors (Lipinski definition) is 2. The number of rotatable bonds is 4. The van der Waals surface area contributed by atoms with Gasteiger partial charge in [-0.1, -0.05) is 25.1 Å². The molecular formula is C13H18N2O3S. The van der Waals surface area contributed by atoms with Crippen molar-refractivity contribution in [3.8, 4) is 0 Å². The van der Waals surface area contributed by atoms with E-state index in [1.807, 2.05) is 6.92 Å². The van der Waals surface area contributed by atoms with Crippen molar-refractivity contribution in [1.82, 2.24) is 5.32 Å². The summed E-state index contributed by atoms with van der Waals surface area (Å²) >= 11 is 0. The van der Waals surface area contributed by atoms with Crippen molar-refractivity contribution in [1.29, 1.82) is 0 Å². The smallest absolute Gasteiger partial charge is 0.219 e. The normalized spacial score (nSPS) is 24.7. The maximum Gasteiger partial charge on any atom is 0.219 e. The van der Waals surface area contributed by atoms with Crippen LogP contribution in [0.4, 0.5) is 0 Å². The second-order valence-corrected chi connectivity index (χ2v) is 6.90. The van der Waals surface area contributed by atoms with E-state index >= 15 is 0 Å². The molecule has 0 bridgehead atoms. The van der Waals surface area contributed by atoms with E-state index in [1.165, 1.54) is 0 Å². The van der Waals surface area contributed by atoms with E-state index in [0.29, 0.717) is 23.4 Å². The van der Waals surface area contributed by atoms with Gasteiger partial charge in [-0.2, -0.15) is 0 Å². The highest BCUT2D eigenvalue weighted by molar-refractivity contribution is 7.91. The fourth-order valence-corrected chi connectivity index (χ4v) is 4.47. The second kappa shape index (κ2) is 4.94. The van der Waals surface area contributed by atoms with Gasteiger partial charge in [-0.15, -0.1) is 0 Å². The standard InChI is InChI=1S/C13H18N2O3S/c1-2-15-13(9-12(14)16)7-8-19(17,18)11-6-4-3-5-10(11)13/h3-6,15H,2,7-9H2,1H3,(H2,14,16). The summed E-state index contributed by atoms with van der Waals surface area (Å²) in [6.45, 7) is 2.57. The SMILES string of the molecule is CCNC1(CC(N)=O)CCS(=O)(=O)c2ccccc21. The molecule has 6 heteroatoms. The van der Waals surface area contributed by atoms with E-state index in [-0.39, 0.29) is 12.2 Å². The predicted octanol–water partition coefficient (Wildman–Crippen LogP) is 0.544. The highest BCUT2D eigenvalue weighted by atomic mass is 32.2. The van der Waals surface area contributed by atoms with Crippen LogP contribution in [0.5, 0.6) is 0 Å². The number of primary amides is 1. The molecule has 0 fully saturated rings. The fourth-order valence-electron chi connectivity index (χ4n) is 2.75. The molecule has 1 aromatic carbocycles. The van der Waals surface area contributed by atoms with Crippen molar-refractivity contribution in [3.05, 3.63) is 29.8 Å². The summed E-state index contributed by atoms with van der Waals surface area (Å²) < 4.78 is 24.2. The van der Waals surface area contributed by atoms with Gasteiger partial charge in [0.1, 0.15) is 0 Å². The summed E-state index contributed by atoms with van der Waals surface area (Å²) in [5.74, 6) is -0.403. The van der Waals surface area contributed by atoms with Crippen LogP contribution in [-0.2, 0) is 20.2 Å². The Hall–Kier alpha value is -1.40. The van der Waals surface area contributed by atoms with Gasteiger partial charge in [0.2, 0.25) is 5.91 Å². The van der Waals surface area contributed by atoms with Crippen molar-refractivity contribution < 1.29 is 13.2 Å². The van der Waals surface area contributed by atoms with Crippen LogP contribution in [0.2, 0.25) is 0 Å². The van der Waals surface area contributed by atoms with Crippen LogP contribution in [0.3, 0.4) is 0 Å². The molecule has 1 aliphatic heterocycles. The van der Waals surface area contributed by atoms with Gasteiger partial charge >= 0.3 is 0 Å². The maximum atomic E-state index is 12.1. The predicted molar refractivity (Wildman–Crippen MR) is 72.3 cm³/mol. The first-order valence-corrected chi connectivity index (χ1v) is 7.92. The van der Waals surface area contributed by atoms with Gasteiger partial charge < -0.3 is 11.1 Å². The Morgan fingerprint density at radius 2 is 2.11 bits per heavy atom. The number of carbonyl (C=O) groups is 1. The Kier molecular flexibility index (Phi) is 3.64. The molecular weight excluding hydrogens is 264 g/mol. The lowest BCUT2D eigenvalue weighted by Gasteiger charge is -2.38. The summed E-state index contributed by atoms with van der Waals surface area (Å²) in [6.07, 6.45) is 0.469. The number of sulfone groups is 1. The molecule has 1 heterocycles. The summed E-state index contributed by atoms with van der Waals surface area (Å²) in [5.41, 5.74) is 5.33. The minimum absolute atomic E-state index is 0.0320. The first-order valence-electron chi connectivity index (χ1n) is 6.27. The molecule has 0 radical (unpaired) electrons. The Balaban J connectivity index is 2.61. The fraction of sp³-hybridized carbons (Fsp3) is 0.462. The highest BCUT2D eigenvalue weighted by Crippen LogP contribution is 2.39. The van der Waals surface area contributed by atoms with Crippen LogP contribution in [0.1, 0.15) is 25.3 Å². The molecule has 19 heavy (non-hydrogen) atoms. The molecule has 0 aromatic heterocycles. The van der Waals surface area contributed by atoms with Crippen LogP contribution < -0.4 is 11.1 Å². The van der Waals surface area contributed by atoms with Crippen LogP contribution >= 0.6 is 0 Å². The van der Waals surface area contributed by atoms with E-state index in [2.05, 4.69) is 5.32 Å². The topological polar surface area (TPSA) is 89.3 Å². The summed E-state index contributed by atoms with van der Waals surface area (Å²) in [7, 11) is -3.26. The van der Waals surface area contributed by atoms with Crippen molar-refractivity contribution >= 4 is 15.7 Å². The van der Waals surface area contributed by atoms with Gasteiger partial charge in [0.25, 0.3) is 0 Å². The first kappa shape index (κ1) is 14.0. The third kappa shape index (κ3) is 2.50.